The zero-order valence-electron chi connectivity index (χ0n) is 11.8. The minimum atomic E-state index is -0.673. The van der Waals surface area contributed by atoms with Crippen LogP contribution in [0, 0.1) is 17.5 Å². The van der Waals surface area contributed by atoms with Crippen LogP contribution in [-0.2, 0) is 5.41 Å². The Morgan fingerprint density at radius 1 is 0.952 bits per heavy atom. The van der Waals surface area contributed by atoms with E-state index in [9.17, 15) is 13.2 Å². The maximum absolute atomic E-state index is 14.0. The molecule has 0 bridgehead atoms. The first-order valence-corrected chi connectivity index (χ1v) is 6.53. The van der Waals surface area contributed by atoms with Gasteiger partial charge in [-0.2, -0.15) is 0 Å². The maximum atomic E-state index is 14.0. The Kier molecular flexibility index (Phi) is 4.34. The van der Waals surface area contributed by atoms with E-state index in [2.05, 4.69) is 5.43 Å². The molecule has 5 heteroatoms. The second-order valence-electron chi connectivity index (χ2n) is 5.49. The van der Waals surface area contributed by atoms with E-state index in [4.69, 9.17) is 5.84 Å². The Morgan fingerprint density at radius 2 is 1.52 bits per heavy atom. The summed E-state index contributed by atoms with van der Waals surface area (Å²) in [4.78, 5) is 0. The molecule has 0 fully saturated rings. The number of nitrogens with two attached hydrogens (primary N) is 1. The van der Waals surface area contributed by atoms with Crippen molar-refractivity contribution in [3.63, 3.8) is 0 Å². The smallest absolute Gasteiger partial charge is 0.130 e. The van der Waals surface area contributed by atoms with Gasteiger partial charge in [-0.1, -0.05) is 32.0 Å². The lowest BCUT2D eigenvalue weighted by molar-refractivity contribution is 0.341. The maximum Gasteiger partial charge on any atom is 0.130 e. The number of hydrogen-bond donors (Lipinski definition) is 2. The molecule has 0 aliphatic carbocycles. The van der Waals surface area contributed by atoms with E-state index in [0.717, 1.165) is 11.6 Å². The van der Waals surface area contributed by atoms with Gasteiger partial charge in [0.2, 0.25) is 0 Å². The molecule has 0 aliphatic heterocycles. The van der Waals surface area contributed by atoms with Gasteiger partial charge in [0.25, 0.3) is 0 Å². The molecule has 21 heavy (non-hydrogen) atoms. The molecule has 0 amide bonds. The average Bonchev–Trinajstić information content (AvgIpc) is 2.42. The van der Waals surface area contributed by atoms with Gasteiger partial charge in [-0.3, -0.25) is 11.3 Å². The number of hydrogen-bond acceptors (Lipinski definition) is 2. The summed E-state index contributed by atoms with van der Waals surface area (Å²) in [6, 6.07) is 8.70. The van der Waals surface area contributed by atoms with Crippen molar-refractivity contribution in [3.05, 3.63) is 71.0 Å². The average molecular weight is 294 g/mol. The summed E-state index contributed by atoms with van der Waals surface area (Å²) in [6.07, 6.45) is 0. The molecule has 0 saturated heterocycles. The first kappa shape index (κ1) is 15.5. The van der Waals surface area contributed by atoms with Crippen LogP contribution in [0.3, 0.4) is 0 Å². The SMILES string of the molecule is CC(C)(c1ccc(F)cc1)C(NN)c1ccc(F)cc1F. The van der Waals surface area contributed by atoms with Crippen molar-refractivity contribution in [1.82, 2.24) is 5.43 Å². The van der Waals surface area contributed by atoms with E-state index in [-0.39, 0.29) is 11.4 Å². The second kappa shape index (κ2) is 5.87. The number of nitrogens with one attached hydrogen (secondary N) is 1. The van der Waals surface area contributed by atoms with Gasteiger partial charge in [-0.25, -0.2) is 13.2 Å². The van der Waals surface area contributed by atoms with Crippen LogP contribution in [-0.4, -0.2) is 0 Å². The van der Waals surface area contributed by atoms with Gasteiger partial charge >= 0.3 is 0 Å². The van der Waals surface area contributed by atoms with Crippen molar-refractivity contribution in [2.75, 3.05) is 0 Å². The van der Waals surface area contributed by atoms with Crippen molar-refractivity contribution in [3.8, 4) is 0 Å². The summed E-state index contributed by atoms with van der Waals surface area (Å²) in [6.45, 7) is 3.71. The number of benzene rings is 2. The van der Waals surface area contributed by atoms with Gasteiger partial charge in [0.05, 0.1) is 6.04 Å². The summed E-state index contributed by atoms with van der Waals surface area (Å²) >= 11 is 0. The van der Waals surface area contributed by atoms with E-state index in [1.165, 1.54) is 24.3 Å². The molecule has 1 atom stereocenters. The highest BCUT2D eigenvalue weighted by Gasteiger charge is 2.33. The van der Waals surface area contributed by atoms with Crippen LogP contribution in [0.15, 0.2) is 42.5 Å². The van der Waals surface area contributed by atoms with Gasteiger partial charge in [0, 0.05) is 17.0 Å². The molecule has 0 radical (unpaired) electrons. The van der Waals surface area contributed by atoms with E-state index in [1.807, 2.05) is 13.8 Å². The lowest BCUT2D eigenvalue weighted by Crippen LogP contribution is -2.41. The summed E-state index contributed by atoms with van der Waals surface area (Å²) in [5, 5.41) is 0. The minimum Gasteiger partial charge on any atom is -0.271 e. The highest BCUT2D eigenvalue weighted by Crippen LogP contribution is 2.37. The highest BCUT2D eigenvalue weighted by molar-refractivity contribution is 5.33. The summed E-state index contributed by atoms with van der Waals surface area (Å²) in [5.41, 5.74) is 3.00. The monoisotopic (exact) mass is 294 g/mol. The van der Waals surface area contributed by atoms with Gasteiger partial charge in [-0.15, -0.1) is 0 Å². The third-order valence-electron chi connectivity index (χ3n) is 3.75. The number of halogens is 3. The second-order valence-corrected chi connectivity index (χ2v) is 5.49. The molecule has 0 spiro atoms. The summed E-state index contributed by atoms with van der Waals surface area (Å²) < 4.78 is 40.1. The Morgan fingerprint density at radius 3 is 2.05 bits per heavy atom. The molecule has 0 saturated carbocycles. The molecule has 0 heterocycles. The van der Waals surface area contributed by atoms with E-state index in [0.29, 0.717) is 0 Å². The predicted molar refractivity (Wildman–Crippen MR) is 75.8 cm³/mol. The molecule has 1 unspecified atom stereocenters. The molecule has 3 N–H and O–H groups in total. The quantitative estimate of drug-likeness (QED) is 0.668. The molecule has 0 aliphatic rings. The van der Waals surface area contributed by atoms with Crippen molar-refractivity contribution < 1.29 is 13.2 Å². The molecule has 2 nitrogen and oxygen atoms in total. The molecule has 2 aromatic carbocycles. The summed E-state index contributed by atoms with van der Waals surface area (Å²) in [7, 11) is 0. The van der Waals surface area contributed by atoms with Crippen LogP contribution in [0.4, 0.5) is 13.2 Å². The van der Waals surface area contributed by atoms with Gasteiger partial charge in [0.1, 0.15) is 17.5 Å². The van der Waals surface area contributed by atoms with E-state index >= 15 is 0 Å². The van der Waals surface area contributed by atoms with Gasteiger partial charge in [0.15, 0.2) is 0 Å². The predicted octanol–water partition coefficient (Wildman–Crippen LogP) is 3.59. The zero-order valence-corrected chi connectivity index (χ0v) is 11.8. The standard InChI is InChI=1S/C16H17F3N2/c1-16(2,10-3-5-11(17)6-4-10)15(21-20)13-8-7-12(18)9-14(13)19/h3-9,15,21H,20H2,1-2H3. The van der Waals surface area contributed by atoms with Crippen LogP contribution in [0.5, 0.6) is 0 Å². The van der Waals surface area contributed by atoms with Crippen molar-refractivity contribution >= 4 is 0 Å². The van der Waals surface area contributed by atoms with Crippen molar-refractivity contribution in [2.24, 2.45) is 5.84 Å². The Labute approximate surface area is 121 Å². The Balaban J connectivity index is 2.45. The molecule has 0 aromatic heterocycles. The van der Waals surface area contributed by atoms with E-state index < -0.39 is 23.1 Å². The third-order valence-corrected chi connectivity index (χ3v) is 3.75. The fourth-order valence-electron chi connectivity index (χ4n) is 2.47. The van der Waals surface area contributed by atoms with E-state index in [1.54, 1.807) is 12.1 Å². The molecule has 112 valence electrons. The van der Waals surface area contributed by atoms with Crippen molar-refractivity contribution in [1.29, 1.82) is 0 Å². The van der Waals surface area contributed by atoms with Crippen LogP contribution in [0.2, 0.25) is 0 Å². The molecule has 2 aromatic rings. The summed E-state index contributed by atoms with van der Waals surface area (Å²) in [5.74, 6) is 3.91. The molecule has 2 rings (SSSR count). The fourth-order valence-corrected chi connectivity index (χ4v) is 2.47. The number of rotatable bonds is 4. The van der Waals surface area contributed by atoms with Crippen LogP contribution < -0.4 is 11.3 Å². The Bertz CT molecular complexity index is 624. The van der Waals surface area contributed by atoms with Crippen LogP contribution >= 0.6 is 0 Å². The van der Waals surface area contributed by atoms with Crippen LogP contribution in [0.1, 0.15) is 31.0 Å². The van der Waals surface area contributed by atoms with Gasteiger partial charge < -0.3 is 0 Å². The zero-order chi connectivity index (χ0) is 15.6. The topological polar surface area (TPSA) is 38.0 Å². The minimum absolute atomic E-state index is 0.258. The fraction of sp³-hybridized carbons (Fsp3) is 0.250. The van der Waals surface area contributed by atoms with Crippen molar-refractivity contribution in [2.45, 2.75) is 25.3 Å². The molecular weight excluding hydrogens is 277 g/mol. The normalized spacial score (nSPS) is 13.2. The van der Waals surface area contributed by atoms with Crippen LogP contribution in [0.25, 0.3) is 0 Å². The lowest BCUT2D eigenvalue weighted by atomic mass is 9.75. The number of hydrazine groups is 1. The largest absolute Gasteiger partial charge is 0.271 e. The first-order valence-electron chi connectivity index (χ1n) is 6.53. The lowest BCUT2D eigenvalue weighted by Gasteiger charge is -2.35. The van der Waals surface area contributed by atoms with Gasteiger partial charge in [-0.05, 0) is 23.8 Å². The highest BCUT2D eigenvalue weighted by atomic mass is 19.1. The first-order chi connectivity index (χ1) is 9.86. The third kappa shape index (κ3) is 3.09. The molecular formula is C16H17F3N2. The Hall–Kier alpha value is -1.85.